The fraction of sp³-hybridized carbons (Fsp3) is 0.455. The van der Waals surface area contributed by atoms with Crippen molar-refractivity contribution in [2.45, 2.75) is 101 Å². The van der Waals surface area contributed by atoms with Gasteiger partial charge in [-0.05, 0) is 82.7 Å². The van der Waals surface area contributed by atoms with Gasteiger partial charge in [-0.2, -0.15) is 0 Å². The number of aliphatic hydroxyl groups is 1. The van der Waals surface area contributed by atoms with Crippen molar-refractivity contribution in [3.63, 3.8) is 0 Å². The molecule has 2 saturated carbocycles. The number of aromatic nitrogens is 2. The van der Waals surface area contributed by atoms with E-state index in [9.17, 15) is 26.9 Å². The molecule has 0 bridgehead atoms. The minimum Gasteiger partial charge on any atom is -0.400 e. The van der Waals surface area contributed by atoms with Crippen LogP contribution in [-0.4, -0.2) is 56.4 Å². The second-order valence-electron chi connectivity index (χ2n) is 12.7. The number of benzene rings is 2. The van der Waals surface area contributed by atoms with Crippen LogP contribution in [0.3, 0.4) is 0 Å². The molecule has 0 aliphatic heterocycles. The summed E-state index contributed by atoms with van der Waals surface area (Å²) in [6, 6.07) is 5.55. The molecule has 9 N–H and O–H groups in total. The first-order chi connectivity index (χ1) is 24.5. The number of nitrogens with one attached hydrogen (secondary N) is 2. The third kappa shape index (κ3) is 8.72. The van der Waals surface area contributed by atoms with Gasteiger partial charge in [0, 0.05) is 36.4 Å². The molecule has 284 valence electrons. The lowest BCUT2D eigenvalue weighted by atomic mass is 10.0. The molecule has 2 aliphatic carbocycles. The monoisotopic (exact) mass is 762 g/mol. The molecule has 4 aromatic rings. The first kappa shape index (κ1) is 40.2. The van der Waals surface area contributed by atoms with E-state index in [0.29, 0.717) is 39.6 Å². The van der Waals surface area contributed by atoms with Crippen LogP contribution in [0.1, 0.15) is 74.3 Å². The van der Waals surface area contributed by atoms with E-state index in [1.54, 1.807) is 33.8 Å². The summed E-state index contributed by atoms with van der Waals surface area (Å²) in [5.41, 5.74) is 20.6. The molecule has 17 nitrogen and oxygen atoms in total. The summed E-state index contributed by atoms with van der Waals surface area (Å²) < 4.78 is 66.8. The third-order valence-electron chi connectivity index (χ3n) is 9.07. The predicted molar refractivity (Wildman–Crippen MR) is 196 cm³/mol. The normalized spacial score (nSPS) is 15.2. The summed E-state index contributed by atoms with van der Waals surface area (Å²) in [4.78, 5) is 10.4. The van der Waals surface area contributed by atoms with Crippen LogP contribution in [0.25, 0.3) is 22.3 Å². The standard InChI is InChI=1S/C16H20N4O5S.C16H22N4O3S.CH4O/c1-9-15(10(2)25-18-9)11-7-13(20(21)22)16(17)14(8-11)26(23,24)19-12-5-3-4-6-12;1-9-15(10(2)23-19-9)11-7-13(17)16(18)14(8-11)24(21,22)20-12-5-3-4-6-12;1-2/h7-8,12,19H,3-6,17H2,1-2H3;7-8,12,20H,3-6,17-18H2,1-2H3;2H,1H3. The zero-order valence-electron chi connectivity index (χ0n) is 29.7. The van der Waals surface area contributed by atoms with Gasteiger partial charge in [-0.15, -0.1) is 0 Å². The Bertz CT molecular complexity index is 2100. The molecule has 2 aliphatic rings. The predicted octanol–water partition coefficient (Wildman–Crippen LogP) is 4.62. The lowest BCUT2D eigenvalue weighted by molar-refractivity contribution is -0.384. The smallest absolute Gasteiger partial charge is 0.294 e. The molecular weight excluding hydrogens is 717 g/mol. The zero-order valence-corrected chi connectivity index (χ0v) is 31.4. The Morgan fingerprint density at radius 2 is 1.10 bits per heavy atom. The van der Waals surface area contributed by atoms with Gasteiger partial charge in [-0.3, -0.25) is 10.1 Å². The fourth-order valence-electron chi connectivity index (χ4n) is 6.59. The molecule has 6 rings (SSSR count). The largest absolute Gasteiger partial charge is 0.400 e. The highest BCUT2D eigenvalue weighted by atomic mass is 32.2. The molecule has 52 heavy (non-hydrogen) atoms. The Balaban J connectivity index is 0.000000223. The number of anilines is 3. The van der Waals surface area contributed by atoms with Gasteiger partial charge in [0.15, 0.2) is 0 Å². The van der Waals surface area contributed by atoms with E-state index < -0.39 is 30.7 Å². The van der Waals surface area contributed by atoms with Gasteiger partial charge < -0.3 is 31.4 Å². The first-order valence-electron chi connectivity index (χ1n) is 16.6. The number of nitro groups is 1. The SMILES string of the molecule is CO.Cc1noc(C)c1-c1cc(N)c(N)c(S(=O)(=O)NC2CCCC2)c1.Cc1noc(C)c1-c1cc([N+](=O)[O-])c(N)c(S(=O)(=O)NC2CCCC2)c1. The van der Waals surface area contributed by atoms with E-state index in [4.69, 9.17) is 31.4 Å². The quantitative estimate of drug-likeness (QED) is 0.0771. The van der Waals surface area contributed by atoms with Crippen molar-refractivity contribution in [3.8, 4) is 22.3 Å². The number of nitrogens with zero attached hydrogens (tertiary/aromatic N) is 3. The first-order valence-corrected chi connectivity index (χ1v) is 19.6. The van der Waals surface area contributed by atoms with Crippen LogP contribution in [0.4, 0.5) is 22.7 Å². The Morgan fingerprint density at radius 3 is 1.46 bits per heavy atom. The van der Waals surface area contributed by atoms with Crippen LogP contribution in [0.2, 0.25) is 0 Å². The van der Waals surface area contributed by atoms with Gasteiger partial charge in [0.05, 0.1) is 27.7 Å². The number of sulfonamides is 2. The minimum absolute atomic E-state index is 0.00407. The van der Waals surface area contributed by atoms with Crippen LogP contribution < -0.4 is 26.6 Å². The minimum atomic E-state index is -4.00. The average molecular weight is 763 g/mol. The van der Waals surface area contributed by atoms with Crippen molar-refractivity contribution < 1.29 is 35.9 Å². The second kappa shape index (κ2) is 16.4. The number of nitrogen functional groups attached to an aromatic ring is 3. The van der Waals surface area contributed by atoms with Crippen molar-refractivity contribution in [1.82, 2.24) is 19.8 Å². The number of hydrogen-bond donors (Lipinski definition) is 6. The third-order valence-corrected chi connectivity index (χ3v) is 12.2. The Kier molecular flexibility index (Phi) is 12.7. The molecule has 2 aromatic carbocycles. The van der Waals surface area contributed by atoms with Crippen molar-refractivity contribution in [1.29, 1.82) is 0 Å². The van der Waals surface area contributed by atoms with Crippen molar-refractivity contribution in [2.24, 2.45) is 0 Å². The lowest BCUT2D eigenvalue weighted by Crippen LogP contribution is -2.33. The van der Waals surface area contributed by atoms with Gasteiger partial charge in [-0.1, -0.05) is 36.0 Å². The summed E-state index contributed by atoms with van der Waals surface area (Å²) >= 11 is 0. The summed E-state index contributed by atoms with van der Waals surface area (Å²) in [6.45, 7) is 6.90. The summed E-state index contributed by atoms with van der Waals surface area (Å²) in [7, 11) is -6.74. The van der Waals surface area contributed by atoms with Gasteiger partial charge in [0.2, 0.25) is 20.0 Å². The van der Waals surface area contributed by atoms with E-state index in [1.165, 1.54) is 18.2 Å². The molecule has 0 unspecified atom stereocenters. The van der Waals surface area contributed by atoms with Gasteiger partial charge in [0.25, 0.3) is 5.69 Å². The molecule has 19 heteroatoms. The molecule has 0 amide bonds. The molecule has 0 radical (unpaired) electrons. The Morgan fingerprint density at radius 1 is 0.712 bits per heavy atom. The van der Waals surface area contributed by atoms with E-state index >= 15 is 0 Å². The van der Waals surface area contributed by atoms with Crippen LogP contribution in [0.5, 0.6) is 0 Å². The molecule has 2 heterocycles. The highest BCUT2D eigenvalue weighted by Gasteiger charge is 2.31. The van der Waals surface area contributed by atoms with E-state index in [2.05, 4.69) is 19.8 Å². The lowest BCUT2D eigenvalue weighted by Gasteiger charge is -2.16. The number of hydrogen-bond acceptors (Lipinski definition) is 14. The summed E-state index contributed by atoms with van der Waals surface area (Å²) in [5, 5.41) is 26.1. The van der Waals surface area contributed by atoms with E-state index in [1.807, 2.05) is 0 Å². The zero-order chi connectivity index (χ0) is 38.5. The molecular formula is C33H46N8O9S2. The van der Waals surface area contributed by atoms with Gasteiger partial charge in [0.1, 0.15) is 27.0 Å². The number of nitro benzene ring substituents is 1. The van der Waals surface area contributed by atoms with Crippen molar-refractivity contribution >= 4 is 42.8 Å². The van der Waals surface area contributed by atoms with Crippen LogP contribution >= 0.6 is 0 Å². The van der Waals surface area contributed by atoms with Gasteiger partial charge in [-0.25, -0.2) is 26.3 Å². The number of aliphatic hydroxyl groups excluding tert-OH is 1. The second-order valence-corrected chi connectivity index (χ2v) is 16.1. The molecule has 2 fully saturated rings. The molecule has 0 spiro atoms. The Hall–Kier alpha value is -4.56. The van der Waals surface area contributed by atoms with Crippen LogP contribution in [0, 0.1) is 37.8 Å². The van der Waals surface area contributed by atoms with Crippen LogP contribution in [0.15, 0.2) is 43.1 Å². The summed E-state index contributed by atoms with van der Waals surface area (Å²) in [5.74, 6) is 1.04. The Labute approximate surface area is 302 Å². The number of rotatable bonds is 9. The number of aryl methyl sites for hydroxylation is 4. The highest BCUT2D eigenvalue weighted by molar-refractivity contribution is 7.90. The maximum absolute atomic E-state index is 12.8. The van der Waals surface area contributed by atoms with Crippen molar-refractivity contribution in [2.75, 3.05) is 24.3 Å². The molecule has 0 saturated heterocycles. The van der Waals surface area contributed by atoms with Crippen LogP contribution in [-0.2, 0) is 20.0 Å². The molecule has 0 atom stereocenters. The summed E-state index contributed by atoms with van der Waals surface area (Å²) in [6.07, 6.45) is 7.13. The number of nitrogens with two attached hydrogens (primary N) is 3. The highest BCUT2D eigenvalue weighted by Crippen LogP contribution is 2.38. The van der Waals surface area contributed by atoms with E-state index in [-0.39, 0.29) is 38.9 Å². The average Bonchev–Trinajstić information content (AvgIpc) is 3.90. The van der Waals surface area contributed by atoms with Crippen molar-refractivity contribution in [3.05, 3.63) is 57.3 Å². The maximum atomic E-state index is 12.8. The molecule has 2 aromatic heterocycles. The van der Waals surface area contributed by atoms with E-state index in [0.717, 1.165) is 64.0 Å². The topological polar surface area (TPSA) is 286 Å². The fourth-order valence-corrected chi connectivity index (χ4v) is 9.56. The van der Waals surface area contributed by atoms with Gasteiger partial charge >= 0.3 is 0 Å². The maximum Gasteiger partial charge on any atom is 0.294 e.